The van der Waals surface area contributed by atoms with Crippen LogP contribution in [0.25, 0.3) is 11.1 Å². The van der Waals surface area contributed by atoms with Crippen molar-refractivity contribution in [3.63, 3.8) is 0 Å². The zero-order valence-corrected chi connectivity index (χ0v) is 10.1. The van der Waals surface area contributed by atoms with Crippen molar-refractivity contribution < 1.29 is 9.90 Å². The maximum atomic E-state index is 10.9. The van der Waals surface area contributed by atoms with E-state index in [4.69, 9.17) is 5.11 Å². The number of aldehydes is 1. The Kier molecular flexibility index (Phi) is 4.26. The van der Waals surface area contributed by atoms with E-state index in [-0.39, 0.29) is 12.5 Å². The van der Waals surface area contributed by atoms with Gasteiger partial charge in [-0.2, -0.15) is 0 Å². The minimum Gasteiger partial charge on any atom is -0.396 e. The summed E-state index contributed by atoms with van der Waals surface area (Å²) in [5.41, 5.74) is 3.25. The van der Waals surface area contributed by atoms with Crippen LogP contribution in [0.2, 0.25) is 0 Å². The zero-order valence-electron chi connectivity index (χ0n) is 10.1. The molecule has 2 nitrogen and oxygen atoms in total. The maximum absolute atomic E-state index is 10.9. The Balaban J connectivity index is 2.22. The van der Waals surface area contributed by atoms with Gasteiger partial charge in [0.15, 0.2) is 0 Å². The van der Waals surface area contributed by atoms with Crippen LogP contribution in [0.5, 0.6) is 0 Å². The Morgan fingerprint density at radius 3 is 2.11 bits per heavy atom. The molecule has 2 aromatic rings. The van der Waals surface area contributed by atoms with Crippen molar-refractivity contribution >= 4 is 6.29 Å². The van der Waals surface area contributed by atoms with Gasteiger partial charge < -0.3 is 9.90 Å². The second-order valence-corrected chi connectivity index (χ2v) is 4.24. The van der Waals surface area contributed by atoms with E-state index < -0.39 is 0 Å². The number of benzene rings is 2. The quantitative estimate of drug-likeness (QED) is 0.816. The molecule has 0 aromatic heterocycles. The van der Waals surface area contributed by atoms with Crippen LogP contribution in [0.15, 0.2) is 54.6 Å². The van der Waals surface area contributed by atoms with Crippen LogP contribution in [0, 0.1) is 0 Å². The van der Waals surface area contributed by atoms with E-state index in [0.29, 0.717) is 6.42 Å². The lowest BCUT2D eigenvalue weighted by Crippen LogP contribution is -2.02. The molecule has 1 N–H and O–H groups in total. The largest absolute Gasteiger partial charge is 0.396 e. The van der Waals surface area contributed by atoms with Crippen molar-refractivity contribution in [1.29, 1.82) is 0 Å². The first-order valence-electron chi connectivity index (χ1n) is 6.06. The van der Waals surface area contributed by atoms with Crippen molar-refractivity contribution in [2.45, 2.75) is 12.3 Å². The standard InChI is InChI=1S/C16H16O2/c17-11-10-16(12-18)15-8-6-14(7-9-15)13-4-2-1-3-5-13/h1-9,12,16-17H,10-11H2. The van der Waals surface area contributed by atoms with Crippen molar-refractivity contribution in [3.8, 4) is 11.1 Å². The number of carbonyl (C=O) groups is 1. The van der Waals surface area contributed by atoms with E-state index in [1.54, 1.807) is 0 Å². The minimum atomic E-state index is -0.208. The third-order valence-corrected chi connectivity index (χ3v) is 3.05. The van der Waals surface area contributed by atoms with Crippen molar-refractivity contribution in [1.82, 2.24) is 0 Å². The highest BCUT2D eigenvalue weighted by atomic mass is 16.3. The van der Waals surface area contributed by atoms with E-state index in [2.05, 4.69) is 12.1 Å². The van der Waals surface area contributed by atoms with Gasteiger partial charge in [0.25, 0.3) is 0 Å². The highest BCUT2D eigenvalue weighted by molar-refractivity contribution is 5.66. The Morgan fingerprint density at radius 2 is 1.56 bits per heavy atom. The summed E-state index contributed by atoms with van der Waals surface area (Å²) in [6.07, 6.45) is 1.38. The zero-order chi connectivity index (χ0) is 12.8. The molecule has 0 saturated carbocycles. The predicted octanol–water partition coefficient (Wildman–Crippen LogP) is 3.02. The number of rotatable bonds is 5. The molecule has 0 fully saturated rings. The number of carbonyl (C=O) groups excluding carboxylic acids is 1. The minimum absolute atomic E-state index is 0.0316. The van der Waals surface area contributed by atoms with Gasteiger partial charge in [-0.25, -0.2) is 0 Å². The van der Waals surface area contributed by atoms with Gasteiger partial charge in [0, 0.05) is 12.5 Å². The molecule has 0 aliphatic carbocycles. The van der Waals surface area contributed by atoms with E-state index >= 15 is 0 Å². The first kappa shape index (κ1) is 12.5. The SMILES string of the molecule is O=CC(CCO)c1ccc(-c2ccccc2)cc1. The highest BCUT2D eigenvalue weighted by Gasteiger charge is 2.09. The molecular weight excluding hydrogens is 224 g/mol. The fourth-order valence-electron chi connectivity index (χ4n) is 2.01. The summed E-state index contributed by atoms with van der Waals surface area (Å²) in [4.78, 5) is 10.9. The molecule has 0 saturated heterocycles. The van der Waals surface area contributed by atoms with Gasteiger partial charge in [-0.15, -0.1) is 0 Å². The van der Waals surface area contributed by atoms with Crippen molar-refractivity contribution in [2.75, 3.05) is 6.61 Å². The molecule has 0 heterocycles. The normalized spacial score (nSPS) is 12.1. The van der Waals surface area contributed by atoms with Gasteiger partial charge in [0.1, 0.15) is 6.29 Å². The fraction of sp³-hybridized carbons (Fsp3) is 0.188. The second kappa shape index (κ2) is 6.12. The average Bonchev–Trinajstić information content (AvgIpc) is 2.46. The fourth-order valence-corrected chi connectivity index (χ4v) is 2.01. The molecule has 0 aliphatic rings. The Labute approximate surface area is 107 Å². The maximum Gasteiger partial charge on any atom is 0.127 e. The summed E-state index contributed by atoms with van der Waals surface area (Å²) in [6, 6.07) is 18.0. The van der Waals surface area contributed by atoms with Crippen molar-refractivity contribution in [2.24, 2.45) is 0 Å². The Bertz CT molecular complexity index is 488. The van der Waals surface area contributed by atoms with Gasteiger partial charge in [-0.1, -0.05) is 54.6 Å². The monoisotopic (exact) mass is 240 g/mol. The molecule has 2 heteroatoms. The number of aliphatic hydroxyl groups is 1. The Morgan fingerprint density at radius 1 is 0.944 bits per heavy atom. The van der Waals surface area contributed by atoms with Crippen LogP contribution >= 0.6 is 0 Å². The van der Waals surface area contributed by atoms with Gasteiger partial charge in [-0.3, -0.25) is 0 Å². The molecular formula is C16H16O2. The summed E-state index contributed by atoms with van der Waals surface area (Å²) in [6.45, 7) is 0.0316. The van der Waals surface area contributed by atoms with E-state index in [1.807, 2.05) is 42.5 Å². The molecule has 1 atom stereocenters. The summed E-state index contributed by atoms with van der Waals surface area (Å²) in [5, 5.41) is 8.90. The summed E-state index contributed by atoms with van der Waals surface area (Å²) < 4.78 is 0. The van der Waals surface area contributed by atoms with Crippen molar-refractivity contribution in [3.05, 3.63) is 60.2 Å². The molecule has 0 radical (unpaired) electrons. The van der Waals surface area contributed by atoms with E-state index in [9.17, 15) is 4.79 Å². The molecule has 2 rings (SSSR count). The van der Waals surface area contributed by atoms with Crippen LogP contribution in [0.3, 0.4) is 0 Å². The Hall–Kier alpha value is -1.93. The first-order chi connectivity index (χ1) is 8.85. The van der Waals surface area contributed by atoms with Gasteiger partial charge in [0.2, 0.25) is 0 Å². The van der Waals surface area contributed by atoms with Crippen LogP contribution in [-0.4, -0.2) is 18.0 Å². The summed E-state index contributed by atoms with van der Waals surface area (Å²) >= 11 is 0. The van der Waals surface area contributed by atoms with Gasteiger partial charge in [-0.05, 0) is 23.1 Å². The van der Waals surface area contributed by atoms with E-state index in [1.165, 1.54) is 0 Å². The number of hydrogen-bond donors (Lipinski definition) is 1. The lowest BCUT2D eigenvalue weighted by molar-refractivity contribution is -0.109. The van der Waals surface area contributed by atoms with Crippen LogP contribution < -0.4 is 0 Å². The smallest absolute Gasteiger partial charge is 0.127 e. The lowest BCUT2D eigenvalue weighted by Gasteiger charge is -2.09. The third kappa shape index (κ3) is 2.84. The molecule has 0 bridgehead atoms. The van der Waals surface area contributed by atoms with Gasteiger partial charge in [0.05, 0.1) is 0 Å². The third-order valence-electron chi connectivity index (χ3n) is 3.05. The first-order valence-corrected chi connectivity index (χ1v) is 6.06. The summed E-state index contributed by atoms with van der Waals surface area (Å²) in [5.74, 6) is -0.208. The van der Waals surface area contributed by atoms with Gasteiger partial charge >= 0.3 is 0 Å². The molecule has 0 amide bonds. The molecule has 1 unspecified atom stereocenters. The topological polar surface area (TPSA) is 37.3 Å². The average molecular weight is 240 g/mol. The molecule has 0 aliphatic heterocycles. The lowest BCUT2D eigenvalue weighted by atomic mass is 9.95. The van der Waals surface area contributed by atoms with Crippen LogP contribution in [-0.2, 0) is 4.79 Å². The second-order valence-electron chi connectivity index (χ2n) is 4.24. The van der Waals surface area contributed by atoms with Crippen LogP contribution in [0.1, 0.15) is 17.9 Å². The summed E-state index contributed by atoms with van der Waals surface area (Å²) in [7, 11) is 0. The number of hydrogen-bond acceptors (Lipinski definition) is 2. The van der Waals surface area contributed by atoms with E-state index in [0.717, 1.165) is 23.0 Å². The van der Waals surface area contributed by atoms with Crippen LogP contribution in [0.4, 0.5) is 0 Å². The molecule has 2 aromatic carbocycles. The number of aliphatic hydroxyl groups excluding tert-OH is 1. The highest BCUT2D eigenvalue weighted by Crippen LogP contribution is 2.23. The molecule has 0 spiro atoms. The molecule has 92 valence electrons. The predicted molar refractivity (Wildman–Crippen MR) is 72.4 cm³/mol. The molecule has 18 heavy (non-hydrogen) atoms.